The van der Waals surface area contributed by atoms with Gasteiger partial charge in [0.05, 0.1) is 0 Å². The fourth-order valence-corrected chi connectivity index (χ4v) is 1.65. The van der Waals surface area contributed by atoms with Gasteiger partial charge in [0, 0.05) is 3.92 Å². The Labute approximate surface area is 63.8 Å². The van der Waals surface area contributed by atoms with Crippen molar-refractivity contribution in [3.63, 3.8) is 0 Å². The van der Waals surface area contributed by atoms with E-state index in [2.05, 4.69) is 47.7 Å². The molecule has 0 radical (unpaired) electrons. The zero-order valence-corrected chi connectivity index (χ0v) is 7.05. The molecule has 0 fully saturated rings. The topological polar surface area (TPSA) is 0 Å². The van der Waals surface area contributed by atoms with Crippen molar-refractivity contribution in [1.82, 2.24) is 0 Å². The van der Waals surface area contributed by atoms with Gasteiger partial charge in [0.1, 0.15) is 0 Å². The van der Waals surface area contributed by atoms with E-state index in [9.17, 15) is 0 Å². The van der Waals surface area contributed by atoms with Crippen LogP contribution in [0.25, 0.3) is 0 Å². The summed E-state index contributed by atoms with van der Waals surface area (Å²) in [5.41, 5.74) is 1.40. The molecule has 0 aromatic rings. The van der Waals surface area contributed by atoms with Crippen molar-refractivity contribution in [2.45, 2.75) is 17.3 Å². The van der Waals surface area contributed by atoms with Crippen LogP contribution in [0.1, 0.15) is 13.3 Å². The fourth-order valence-electron chi connectivity index (χ4n) is 0.793. The summed E-state index contributed by atoms with van der Waals surface area (Å²) >= 11 is 2.44. The van der Waals surface area contributed by atoms with Gasteiger partial charge in [0.25, 0.3) is 0 Å². The Kier molecular flexibility index (Phi) is 2.11. The summed E-state index contributed by atoms with van der Waals surface area (Å²) < 4.78 is 0.734. The lowest BCUT2D eigenvalue weighted by Crippen LogP contribution is -1.94. The van der Waals surface area contributed by atoms with Crippen LogP contribution in [0.4, 0.5) is 0 Å². The average molecular weight is 220 g/mol. The highest BCUT2D eigenvalue weighted by atomic mass is 127. The molecule has 0 saturated carbocycles. The predicted molar refractivity (Wildman–Crippen MR) is 45.3 cm³/mol. The summed E-state index contributed by atoms with van der Waals surface area (Å²) in [4.78, 5) is 0. The fraction of sp³-hybridized carbons (Fsp3) is 0.429. The lowest BCUT2D eigenvalue weighted by atomic mass is 10.1. The molecule has 8 heavy (non-hydrogen) atoms. The van der Waals surface area contributed by atoms with Crippen LogP contribution in [-0.2, 0) is 0 Å². The third-order valence-corrected chi connectivity index (χ3v) is 2.05. The van der Waals surface area contributed by atoms with E-state index in [0.717, 1.165) is 3.92 Å². The lowest BCUT2D eigenvalue weighted by molar-refractivity contribution is 1.07. The smallest absolute Gasteiger partial charge is 0.0329 e. The Morgan fingerprint density at radius 3 is 2.88 bits per heavy atom. The molecule has 0 aliphatic heterocycles. The van der Waals surface area contributed by atoms with E-state index in [0.29, 0.717) is 0 Å². The van der Waals surface area contributed by atoms with Crippen LogP contribution in [0.2, 0.25) is 0 Å². The van der Waals surface area contributed by atoms with Gasteiger partial charge in [-0.3, -0.25) is 0 Å². The second-order valence-corrected chi connectivity index (χ2v) is 3.66. The van der Waals surface area contributed by atoms with Crippen LogP contribution in [0.3, 0.4) is 0 Å². The zero-order chi connectivity index (χ0) is 5.98. The summed E-state index contributed by atoms with van der Waals surface area (Å²) in [7, 11) is 0. The highest BCUT2D eigenvalue weighted by molar-refractivity contribution is 14.1. The molecule has 0 N–H and O–H groups in total. The quantitative estimate of drug-likeness (QED) is 0.435. The molecule has 0 spiro atoms. The normalized spacial score (nSPS) is 27.8. The summed E-state index contributed by atoms with van der Waals surface area (Å²) in [6.07, 6.45) is 7.90. The van der Waals surface area contributed by atoms with Crippen molar-refractivity contribution in [3.05, 3.63) is 23.8 Å². The standard InChI is InChI=1S/C7H9I/c1-6-3-2-4-7(8)5-6/h2-3,5,7H,4H2,1H3. The van der Waals surface area contributed by atoms with Gasteiger partial charge in [-0.05, 0) is 13.3 Å². The van der Waals surface area contributed by atoms with Gasteiger partial charge in [-0.25, -0.2) is 0 Å². The van der Waals surface area contributed by atoms with Crippen molar-refractivity contribution < 1.29 is 0 Å². The Balaban J connectivity index is 2.63. The van der Waals surface area contributed by atoms with Crippen LogP contribution in [0, 0.1) is 0 Å². The molecule has 1 rings (SSSR count). The van der Waals surface area contributed by atoms with E-state index in [1.807, 2.05) is 0 Å². The average Bonchev–Trinajstić information content (AvgIpc) is 1.64. The molecule has 44 valence electrons. The minimum atomic E-state index is 0.734. The SMILES string of the molecule is CC1=CC(I)CC=C1. The van der Waals surface area contributed by atoms with Crippen LogP contribution in [0.15, 0.2) is 23.8 Å². The molecule has 0 saturated heterocycles. The minimum absolute atomic E-state index is 0.734. The Morgan fingerprint density at radius 1 is 1.75 bits per heavy atom. The molecule has 1 atom stereocenters. The van der Waals surface area contributed by atoms with E-state index in [1.165, 1.54) is 12.0 Å². The van der Waals surface area contributed by atoms with Crippen molar-refractivity contribution in [1.29, 1.82) is 0 Å². The molecule has 1 aliphatic carbocycles. The summed E-state index contributed by atoms with van der Waals surface area (Å²) in [6.45, 7) is 2.14. The van der Waals surface area contributed by atoms with Crippen molar-refractivity contribution in [2.75, 3.05) is 0 Å². The monoisotopic (exact) mass is 220 g/mol. The third kappa shape index (κ3) is 1.62. The minimum Gasteiger partial charge on any atom is -0.0829 e. The van der Waals surface area contributed by atoms with Gasteiger partial charge >= 0.3 is 0 Å². The summed E-state index contributed by atoms with van der Waals surface area (Å²) in [6, 6.07) is 0. The number of rotatable bonds is 0. The molecule has 0 aromatic heterocycles. The van der Waals surface area contributed by atoms with Crippen LogP contribution >= 0.6 is 22.6 Å². The number of alkyl halides is 1. The second kappa shape index (κ2) is 2.67. The Bertz CT molecular complexity index is 133. The van der Waals surface area contributed by atoms with Gasteiger partial charge in [0.15, 0.2) is 0 Å². The van der Waals surface area contributed by atoms with Crippen LogP contribution < -0.4 is 0 Å². The maximum atomic E-state index is 2.44. The first-order valence-corrected chi connectivity index (χ1v) is 4.02. The number of allylic oxidation sites excluding steroid dienone is 4. The first kappa shape index (κ1) is 6.33. The first-order chi connectivity index (χ1) is 3.79. The van der Waals surface area contributed by atoms with Crippen LogP contribution in [0.5, 0.6) is 0 Å². The molecule has 0 nitrogen and oxygen atoms in total. The van der Waals surface area contributed by atoms with Gasteiger partial charge in [0.2, 0.25) is 0 Å². The second-order valence-electron chi connectivity index (χ2n) is 2.06. The first-order valence-electron chi connectivity index (χ1n) is 2.78. The highest BCUT2D eigenvalue weighted by Crippen LogP contribution is 2.16. The largest absolute Gasteiger partial charge is 0.0829 e. The molecule has 1 aliphatic rings. The van der Waals surface area contributed by atoms with E-state index >= 15 is 0 Å². The molecular weight excluding hydrogens is 211 g/mol. The molecule has 1 heteroatoms. The lowest BCUT2D eigenvalue weighted by Gasteiger charge is -2.05. The maximum Gasteiger partial charge on any atom is 0.0329 e. The van der Waals surface area contributed by atoms with Gasteiger partial charge in [-0.2, -0.15) is 0 Å². The van der Waals surface area contributed by atoms with Gasteiger partial charge in [-0.1, -0.05) is 46.4 Å². The van der Waals surface area contributed by atoms with E-state index in [1.54, 1.807) is 0 Å². The third-order valence-electron chi connectivity index (χ3n) is 1.19. The number of hydrogen-bond acceptors (Lipinski definition) is 0. The molecule has 0 heterocycles. The van der Waals surface area contributed by atoms with E-state index in [4.69, 9.17) is 0 Å². The molecule has 0 aromatic carbocycles. The molecule has 0 amide bonds. The Morgan fingerprint density at radius 2 is 2.50 bits per heavy atom. The van der Waals surface area contributed by atoms with Gasteiger partial charge < -0.3 is 0 Å². The number of halogens is 1. The van der Waals surface area contributed by atoms with Crippen molar-refractivity contribution >= 4 is 22.6 Å². The Hall–Kier alpha value is 0.210. The molecule has 0 bridgehead atoms. The maximum absolute atomic E-state index is 2.44. The summed E-state index contributed by atoms with van der Waals surface area (Å²) in [5, 5.41) is 0. The van der Waals surface area contributed by atoms with Crippen molar-refractivity contribution in [3.8, 4) is 0 Å². The van der Waals surface area contributed by atoms with Crippen molar-refractivity contribution in [2.24, 2.45) is 0 Å². The van der Waals surface area contributed by atoms with Crippen LogP contribution in [-0.4, -0.2) is 3.92 Å². The summed E-state index contributed by atoms with van der Waals surface area (Å²) in [5.74, 6) is 0. The highest BCUT2D eigenvalue weighted by Gasteiger charge is 1.99. The predicted octanol–water partition coefficient (Wildman–Crippen LogP) is 2.70. The molecule has 1 unspecified atom stereocenters. The zero-order valence-electron chi connectivity index (χ0n) is 4.89. The molecular formula is C7H9I. The van der Waals surface area contributed by atoms with E-state index < -0.39 is 0 Å². The van der Waals surface area contributed by atoms with Gasteiger partial charge in [-0.15, -0.1) is 0 Å². The number of hydrogen-bond donors (Lipinski definition) is 0. The van der Waals surface area contributed by atoms with E-state index in [-0.39, 0.29) is 0 Å².